The predicted molar refractivity (Wildman–Crippen MR) is 117 cm³/mol. The Kier molecular flexibility index (Phi) is 9.38. The van der Waals surface area contributed by atoms with Gasteiger partial charge in [0.25, 0.3) is 5.09 Å². The van der Waals surface area contributed by atoms with Gasteiger partial charge in [0.05, 0.1) is 25.2 Å². The van der Waals surface area contributed by atoms with Crippen molar-refractivity contribution in [1.82, 2.24) is 0 Å². The maximum atomic E-state index is 13.1. The highest BCUT2D eigenvalue weighted by Gasteiger charge is 2.51. The van der Waals surface area contributed by atoms with Crippen LogP contribution in [-0.2, 0) is 38.1 Å². The number of carbonyl (C=O) groups is 3. The first-order valence-electron chi connectivity index (χ1n) is 11.5. The van der Waals surface area contributed by atoms with Gasteiger partial charge in [0.1, 0.15) is 24.9 Å². The number of ether oxygens (including phenoxy) is 5. The van der Waals surface area contributed by atoms with E-state index in [0.717, 1.165) is 12.8 Å². The highest BCUT2D eigenvalue weighted by Crippen LogP contribution is 2.32. The van der Waals surface area contributed by atoms with Crippen molar-refractivity contribution in [2.75, 3.05) is 19.8 Å². The second kappa shape index (κ2) is 12.5. The molecule has 2 aliphatic heterocycles. The lowest BCUT2D eigenvalue weighted by atomic mass is 9.98. The van der Waals surface area contributed by atoms with Crippen LogP contribution in [0.3, 0.4) is 0 Å². The van der Waals surface area contributed by atoms with Crippen LogP contribution in [0.5, 0.6) is 0 Å². The monoisotopic (exact) mass is 495 g/mol. The molecule has 0 N–H and O–H groups in total. The van der Waals surface area contributed by atoms with Crippen LogP contribution >= 0.6 is 0 Å². The number of benzene rings is 1. The quantitative estimate of drug-likeness (QED) is 0.182. The summed E-state index contributed by atoms with van der Waals surface area (Å²) < 4.78 is 27.8. The Balaban J connectivity index is 1.61. The van der Waals surface area contributed by atoms with Crippen LogP contribution in [0.1, 0.15) is 61.6 Å². The van der Waals surface area contributed by atoms with Crippen molar-refractivity contribution in [2.45, 2.75) is 70.1 Å². The number of rotatable bonds is 12. The summed E-state index contributed by atoms with van der Waals surface area (Å²) in [4.78, 5) is 50.9. The smallest absolute Gasteiger partial charge is 0.339 e. The Hall–Kier alpha value is -3.25. The van der Waals surface area contributed by atoms with Gasteiger partial charge in [0, 0.05) is 12.5 Å². The second-order valence-electron chi connectivity index (χ2n) is 8.20. The van der Waals surface area contributed by atoms with E-state index in [0.29, 0.717) is 12.0 Å². The summed E-state index contributed by atoms with van der Waals surface area (Å²) in [6.45, 7) is 3.01. The van der Waals surface area contributed by atoms with Crippen molar-refractivity contribution in [3.05, 3.63) is 45.5 Å². The van der Waals surface area contributed by atoms with Gasteiger partial charge in [-0.1, -0.05) is 31.5 Å². The van der Waals surface area contributed by atoms with E-state index in [4.69, 9.17) is 23.7 Å². The van der Waals surface area contributed by atoms with Crippen molar-refractivity contribution in [3.8, 4) is 0 Å². The molecule has 0 bridgehead atoms. The number of fused-ring (bicyclic) bond motifs is 1. The summed E-state index contributed by atoms with van der Waals surface area (Å²) in [6, 6.07) is 6.81. The largest absolute Gasteiger partial charge is 0.458 e. The lowest BCUT2D eigenvalue weighted by Gasteiger charge is -2.21. The third-order valence-electron chi connectivity index (χ3n) is 5.66. The zero-order chi connectivity index (χ0) is 25.4. The first-order chi connectivity index (χ1) is 16.8. The number of carbonyl (C=O) groups excluding carboxylic acids is 3. The van der Waals surface area contributed by atoms with Gasteiger partial charge in [-0.05, 0) is 18.9 Å². The minimum atomic E-state index is -0.989. The molecule has 2 heterocycles. The Labute approximate surface area is 201 Å². The van der Waals surface area contributed by atoms with E-state index in [2.05, 4.69) is 4.84 Å². The average Bonchev–Trinajstić information content (AvgIpc) is 3.39. The van der Waals surface area contributed by atoms with Gasteiger partial charge >= 0.3 is 17.9 Å². The maximum Gasteiger partial charge on any atom is 0.339 e. The highest BCUT2D eigenvalue weighted by atomic mass is 16.9. The van der Waals surface area contributed by atoms with Crippen molar-refractivity contribution < 1.29 is 48.0 Å². The predicted octanol–water partition coefficient (Wildman–Crippen LogP) is 2.31. The first-order valence-corrected chi connectivity index (χ1v) is 11.5. The lowest BCUT2D eigenvalue weighted by Crippen LogP contribution is -2.36. The van der Waals surface area contributed by atoms with Gasteiger partial charge in [-0.15, -0.1) is 10.1 Å². The van der Waals surface area contributed by atoms with Crippen molar-refractivity contribution in [1.29, 1.82) is 0 Å². The fourth-order valence-electron chi connectivity index (χ4n) is 4.09. The molecule has 192 valence electrons. The molecule has 12 nitrogen and oxygen atoms in total. The molecular weight excluding hydrogens is 466 g/mol. The van der Waals surface area contributed by atoms with Crippen LogP contribution in [-0.4, -0.2) is 67.2 Å². The third-order valence-corrected chi connectivity index (χ3v) is 5.66. The summed E-state index contributed by atoms with van der Waals surface area (Å²) in [5.41, 5.74) is 0.845. The topological polar surface area (TPSA) is 150 Å². The van der Waals surface area contributed by atoms with Crippen LogP contribution < -0.4 is 0 Å². The van der Waals surface area contributed by atoms with Crippen LogP contribution in [0.25, 0.3) is 0 Å². The number of hydrogen-bond donors (Lipinski definition) is 0. The molecule has 0 spiro atoms. The van der Waals surface area contributed by atoms with Crippen LogP contribution in [0, 0.1) is 10.1 Å². The SMILES string of the molecule is CCCCC(OC(C)=O)c1ccccc1C(=O)OC1CO[C@H]2[C@@H]1OC[C@H]2OC(=O)CCO[N+](=O)[O-]. The van der Waals surface area contributed by atoms with E-state index in [-0.39, 0.29) is 25.2 Å². The third kappa shape index (κ3) is 7.12. The van der Waals surface area contributed by atoms with Gasteiger partial charge in [0.2, 0.25) is 0 Å². The first kappa shape index (κ1) is 26.4. The molecule has 0 radical (unpaired) electrons. The molecule has 2 aliphatic rings. The molecule has 0 aromatic heterocycles. The summed E-state index contributed by atoms with van der Waals surface area (Å²) in [6.07, 6.45) is -1.33. The van der Waals surface area contributed by atoms with Crippen LogP contribution in [0.4, 0.5) is 0 Å². The minimum absolute atomic E-state index is 0.0351. The van der Waals surface area contributed by atoms with Crippen molar-refractivity contribution in [3.63, 3.8) is 0 Å². The molecule has 2 saturated heterocycles. The zero-order valence-corrected chi connectivity index (χ0v) is 19.6. The summed E-state index contributed by atoms with van der Waals surface area (Å²) in [5.74, 6) is -1.74. The van der Waals surface area contributed by atoms with E-state index < -0.39 is 60.1 Å². The highest BCUT2D eigenvalue weighted by molar-refractivity contribution is 5.91. The summed E-state index contributed by atoms with van der Waals surface area (Å²) in [7, 11) is 0. The van der Waals surface area contributed by atoms with E-state index in [1.165, 1.54) is 6.92 Å². The Morgan fingerprint density at radius 2 is 1.77 bits per heavy atom. The molecule has 1 aromatic rings. The molecule has 0 saturated carbocycles. The number of hydrogen-bond acceptors (Lipinski definition) is 11. The molecule has 2 fully saturated rings. The Bertz CT molecular complexity index is 920. The van der Waals surface area contributed by atoms with Gasteiger partial charge < -0.3 is 28.5 Å². The fourth-order valence-corrected chi connectivity index (χ4v) is 4.09. The summed E-state index contributed by atoms with van der Waals surface area (Å²) in [5, 5.41) is 9.19. The Morgan fingerprint density at radius 1 is 1.11 bits per heavy atom. The van der Waals surface area contributed by atoms with Gasteiger partial charge in [-0.3, -0.25) is 9.59 Å². The van der Waals surface area contributed by atoms with Crippen LogP contribution in [0.15, 0.2) is 24.3 Å². The van der Waals surface area contributed by atoms with Gasteiger partial charge in [-0.2, -0.15) is 0 Å². The van der Waals surface area contributed by atoms with Crippen LogP contribution in [0.2, 0.25) is 0 Å². The molecular formula is C23H29NO11. The number of nitrogens with zero attached hydrogens (tertiary/aromatic N) is 1. The number of unbranched alkanes of at least 4 members (excludes halogenated alkanes) is 1. The fraction of sp³-hybridized carbons (Fsp3) is 0.609. The standard InChI is InChI=1S/C23H29NO11/c1-3-4-9-17(33-14(2)25)15-7-5-6-8-16(15)23(27)35-19-13-31-21-18(12-30-22(19)21)34-20(26)10-11-32-24(28)29/h5-8,17-19,21-22H,3-4,9-13H2,1-2H3/t17?,18-,19?,21-,22-/m1/s1. The molecule has 12 heteroatoms. The molecule has 0 aliphatic carbocycles. The molecule has 5 atom stereocenters. The zero-order valence-electron chi connectivity index (χ0n) is 19.6. The maximum absolute atomic E-state index is 13.1. The minimum Gasteiger partial charge on any atom is -0.458 e. The van der Waals surface area contributed by atoms with E-state index in [9.17, 15) is 24.5 Å². The van der Waals surface area contributed by atoms with Gasteiger partial charge in [-0.25, -0.2) is 4.79 Å². The van der Waals surface area contributed by atoms with E-state index >= 15 is 0 Å². The molecule has 0 amide bonds. The average molecular weight is 495 g/mol. The van der Waals surface area contributed by atoms with Crippen molar-refractivity contribution >= 4 is 17.9 Å². The molecule has 2 unspecified atom stereocenters. The Morgan fingerprint density at radius 3 is 2.40 bits per heavy atom. The molecule has 35 heavy (non-hydrogen) atoms. The summed E-state index contributed by atoms with van der Waals surface area (Å²) >= 11 is 0. The molecule has 3 rings (SSSR count). The second-order valence-corrected chi connectivity index (χ2v) is 8.20. The lowest BCUT2D eigenvalue weighted by molar-refractivity contribution is -0.757. The normalized spacial score (nSPS) is 23.7. The van der Waals surface area contributed by atoms with Gasteiger partial charge in [0.15, 0.2) is 12.2 Å². The number of esters is 3. The van der Waals surface area contributed by atoms with E-state index in [1.54, 1.807) is 24.3 Å². The van der Waals surface area contributed by atoms with E-state index in [1.807, 2.05) is 6.92 Å². The van der Waals surface area contributed by atoms with Crippen molar-refractivity contribution in [2.24, 2.45) is 0 Å². The molecule has 1 aromatic carbocycles.